The van der Waals surface area contributed by atoms with Crippen LogP contribution in [0.15, 0.2) is 29.2 Å². The van der Waals surface area contributed by atoms with Gasteiger partial charge in [-0.2, -0.15) is 0 Å². The summed E-state index contributed by atoms with van der Waals surface area (Å²) >= 11 is 1.82. The molecule has 2 atom stereocenters. The van der Waals surface area contributed by atoms with E-state index < -0.39 is 12.0 Å². The maximum atomic E-state index is 10.2. The van der Waals surface area contributed by atoms with Crippen LogP contribution in [-0.2, 0) is 0 Å². The van der Waals surface area contributed by atoms with Gasteiger partial charge < -0.3 is 15.3 Å². The van der Waals surface area contributed by atoms with E-state index in [1.54, 1.807) is 0 Å². The van der Waals surface area contributed by atoms with E-state index in [0.29, 0.717) is 5.56 Å². The molecule has 0 radical (unpaired) electrons. The zero-order chi connectivity index (χ0) is 18.0. The molecule has 24 heavy (non-hydrogen) atoms. The standard InChI is InChI=1S/C19H33NO3S/c1-4-6-9-15(8-5-2)14-24-17-11-7-10-16(12-17)18(21)13-19(22,23)20-3/h7,10-12,15,18,20-23H,4-6,8-9,13-14H2,1-3H3. The van der Waals surface area contributed by atoms with E-state index in [1.807, 2.05) is 36.0 Å². The molecule has 4 nitrogen and oxygen atoms in total. The molecule has 0 spiro atoms. The van der Waals surface area contributed by atoms with Crippen LogP contribution in [0.1, 0.15) is 64.0 Å². The SMILES string of the molecule is CCCCC(CCC)CSc1cccc(C(O)CC(O)(O)NC)c1. The van der Waals surface area contributed by atoms with Gasteiger partial charge in [-0.15, -0.1) is 11.8 Å². The van der Waals surface area contributed by atoms with Crippen molar-refractivity contribution in [3.63, 3.8) is 0 Å². The molecule has 1 aromatic rings. The Kier molecular flexibility index (Phi) is 9.93. The van der Waals surface area contributed by atoms with Gasteiger partial charge in [0.2, 0.25) is 5.91 Å². The van der Waals surface area contributed by atoms with Gasteiger partial charge >= 0.3 is 0 Å². The van der Waals surface area contributed by atoms with E-state index in [0.717, 1.165) is 16.6 Å². The van der Waals surface area contributed by atoms with Crippen LogP contribution in [0.25, 0.3) is 0 Å². The van der Waals surface area contributed by atoms with Crippen molar-refractivity contribution in [1.82, 2.24) is 5.32 Å². The van der Waals surface area contributed by atoms with Crippen molar-refractivity contribution in [1.29, 1.82) is 0 Å². The molecule has 0 heterocycles. The van der Waals surface area contributed by atoms with Crippen molar-refractivity contribution in [2.75, 3.05) is 12.8 Å². The first-order chi connectivity index (χ1) is 11.4. The van der Waals surface area contributed by atoms with E-state index in [1.165, 1.54) is 39.2 Å². The van der Waals surface area contributed by atoms with Crippen molar-refractivity contribution in [3.05, 3.63) is 29.8 Å². The average Bonchev–Trinajstić information content (AvgIpc) is 2.57. The lowest BCUT2D eigenvalue weighted by Gasteiger charge is -2.24. The highest BCUT2D eigenvalue weighted by atomic mass is 32.2. The summed E-state index contributed by atoms with van der Waals surface area (Å²) in [6.07, 6.45) is 5.18. The Balaban J connectivity index is 2.63. The molecule has 0 amide bonds. The first-order valence-corrected chi connectivity index (χ1v) is 9.94. The Labute approximate surface area is 150 Å². The fraction of sp³-hybridized carbons (Fsp3) is 0.684. The van der Waals surface area contributed by atoms with E-state index in [9.17, 15) is 15.3 Å². The van der Waals surface area contributed by atoms with Crippen LogP contribution in [-0.4, -0.2) is 34.0 Å². The van der Waals surface area contributed by atoms with E-state index in [4.69, 9.17) is 0 Å². The van der Waals surface area contributed by atoms with Gasteiger partial charge in [0.1, 0.15) is 0 Å². The van der Waals surface area contributed by atoms with Crippen molar-refractivity contribution in [2.45, 2.75) is 69.3 Å². The molecule has 1 rings (SSSR count). The fourth-order valence-corrected chi connectivity index (χ4v) is 3.88. The highest BCUT2D eigenvalue weighted by molar-refractivity contribution is 7.99. The molecule has 1 aromatic carbocycles. The zero-order valence-electron chi connectivity index (χ0n) is 15.2. The van der Waals surface area contributed by atoms with Gasteiger partial charge in [-0.25, -0.2) is 0 Å². The lowest BCUT2D eigenvalue weighted by molar-refractivity contribution is -0.200. The number of nitrogens with one attached hydrogen (secondary N) is 1. The number of thioether (sulfide) groups is 1. The first-order valence-electron chi connectivity index (χ1n) is 8.96. The summed E-state index contributed by atoms with van der Waals surface area (Å²) in [4.78, 5) is 1.12. The van der Waals surface area contributed by atoms with Gasteiger partial charge in [0.15, 0.2) is 0 Å². The van der Waals surface area contributed by atoms with Crippen molar-refractivity contribution in [3.8, 4) is 0 Å². The molecule has 0 aromatic heterocycles. The summed E-state index contributed by atoms with van der Waals surface area (Å²) in [5, 5.41) is 31.8. The summed E-state index contributed by atoms with van der Waals surface area (Å²) < 4.78 is 0. The lowest BCUT2D eigenvalue weighted by atomic mass is 9.99. The van der Waals surface area contributed by atoms with Crippen LogP contribution >= 0.6 is 11.8 Å². The molecule has 0 aliphatic rings. The van der Waals surface area contributed by atoms with Crippen molar-refractivity contribution < 1.29 is 15.3 Å². The second kappa shape index (κ2) is 11.1. The molecule has 138 valence electrons. The first kappa shape index (κ1) is 21.5. The summed E-state index contributed by atoms with van der Waals surface area (Å²) in [6.45, 7) is 4.47. The minimum atomic E-state index is -2.06. The third-order valence-corrected chi connectivity index (χ3v) is 5.50. The van der Waals surface area contributed by atoms with E-state index >= 15 is 0 Å². The van der Waals surface area contributed by atoms with Crippen LogP contribution in [0.5, 0.6) is 0 Å². The van der Waals surface area contributed by atoms with Crippen LogP contribution in [0.3, 0.4) is 0 Å². The molecule has 0 aliphatic heterocycles. The number of rotatable bonds is 12. The molecule has 5 heteroatoms. The second-order valence-corrected chi connectivity index (χ2v) is 7.56. The van der Waals surface area contributed by atoms with Crippen molar-refractivity contribution in [2.24, 2.45) is 5.92 Å². The molecular weight excluding hydrogens is 322 g/mol. The number of hydrogen-bond acceptors (Lipinski definition) is 5. The molecule has 4 N–H and O–H groups in total. The van der Waals surface area contributed by atoms with Crippen LogP contribution < -0.4 is 5.32 Å². The molecule has 0 bridgehead atoms. The monoisotopic (exact) mass is 355 g/mol. The molecule has 0 aliphatic carbocycles. The minimum absolute atomic E-state index is 0.174. The topological polar surface area (TPSA) is 72.7 Å². The zero-order valence-corrected chi connectivity index (χ0v) is 16.0. The predicted octanol–water partition coefficient (Wildman–Crippen LogP) is 3.67. The molecule has 0 saturated carbocycles. The maximum Gasteiger partial charge on any atom is 0.224 e. The van der Waals surface area contributed by atoms with E-state index in [2.05, 4.69) is 19.2 Å². The van der Waals surface area contributed by atoms with Gasteiger partial charge in [-0.05, 0) is 43.5 Å². The number of benzene rings is 1. The quantitative estimate of drug-likeness (QED) is 0.340. The van der Waals surface area contributed by atoms with Gasteiger partial charge in [0.05, 0.1) is 6.10 Å². The predicted molar refractivity (Wildman–Crippen MR) is 101 cm³/mol. The third kappa shape index (κ3) is 7.99. The summed E-state index contributed by atoms with van der Waals surface area (Å²) in [5.74, 6) is -0.233. The average molecular weight is 356 g/mol. The van der Waals surface area contributed by atoms with Crippen LogP contribution in [0, 0.1) is 5.92 Å². The molecule has 0 saturated heterocycles. The summed E-state index contributed by atoms with van der Waals surface area (Å²) in [7, 11) is 1.45. The largest absolute Gasteiger partial charge is 0.388 e. The number of unbranched alkanes of at least 4 members (excludes halogenated alkanes) is 1. The van der Waals surface area contributed by atoms with Gasteiger partial charge in [0.25, 0.3) is 0 Å². The molecule has 2 unspecified atom stereocenters. The second-order valence-electron chi connectivity index (χ2n) is 6.47. The summed E-state index contributed by atoms with van der Waals surface area (Å²) in [6, 6.07) is 7.73. The van der Waals surface area contributed by atoms with E-state index in [-0.39, 0.29) is 6.42 Å². The maximum absolute atomic E-state index is 10.2. The Morgan fingerprint density at radius 2 is 1.92 bits per heavy atom. The van der Waals surface area contributed by atoms with Gasteiger partial charge in [-0.1, -0.05) is 45.2 Å². The van der Waals surface area contributed by atoms with Crippen LogP contribution in [0.4, 0.5) is 0 Å². The molecular formula is C19H33NO3S. The lowest BCUT2D eigenvalue weighted by Crippen LogP contribution is -2.43. The normalized spacial score (nSPS) is 14.6. The Morgan fingerprint density at radius 1 is 1.17 bits per heavy atom. The Morgan fingerprint density at radius 3 is 2.54 bits per heavy atom. The number of hydrogen-bond donors (Lipinski definition) is 4. The smallest absolute Gasteiger partial charge is 0.224 e. The summed E-state index contributed by atoms with van der Waals surface area (Å²) in [5.41, 5.74) is 0.711. The number of aliphatic hydroxyl groups is 3. The highest BCUT2D eigenvalue weighted by Crippen LogP contribution is 2.29. The number of aliphatic hydroxyl groups excluding tert-OH is 1. The van der Waals surface area contributed by atoms with Crippen LogP contribution in [0.2, 0.25) is 0 Å². The van der Waals surface area contributed by atoms with Gasteiger partial charge in [-0.3, -0.25) is 5.32 Å². The molecule has 0 fully saturated rings. The van der Waals surface area contributed by atoms with Gasteiger partial charge in [0, 0.05) is 17.1 Å². The van der Waals surface area contributed by atoms with Crippen molar-refractivity contribution >= 4 is 11.8 Å². The fourth-order valence-electron chi connectivity index (χ4n) is 2.73. The Hall–Kier alpha value is -0.590. The highest BCUT2D eigenvalue weighted by Gasteiger charge is 2.25. The third-order valence-electron chi connectivity index (χ3n) is 4.27. The minimum Gasteiger partial charge on any atom is -0.388 e. The Bertz CT molecular complexity index is 468.